The standard InChI is InChI=1S/C11H7ClN2O/c1-7(15)14-9-5-3-2-4-8(9)11(12)10(14)6-13/h2-5H,1H3. The van der Waals surface area contributed by atoms with Crippen LogP contribution in [0.25, 0.3) is 10.9 Å². The minimum Gasteiger partial charge on any atom is -0.274 e. The summed E-state index contributed by atoms with van der Waals surface area (Å²) in [5, 5.41) is 10.0. The average Bonchev–Trinajstić information content (AvgIpc) is 2.52. The highest BCUT2D eigenvalue weighted by atomic mass is 35.5. The number of aromatic nitrogens is 1. The van der Waals surface area contributed by atoms with Crippen molar-refractivity contribution in [2.75, 3.05) is 0 Å². The zero-order chi connectivity index (χ0) is 11.0. The molecule has 0 radical (unpaired) electrons. The van der Waals surface area contributed by atoms with Gasteiger partial charge in [-0.2, -0.15) is 5.26 Å². The van der Waals surface area contributed by atoms with Crippen LogP contribution in [0.4, 0.5) is 0 Å². The summed E-state index contributed by atoms with van der Waals surface area (Å²) in [5.41, 5.74) is 0.872. The molecule has 1 aromatic heterocycles. The molecule has 1 heterocycles. The van der Waals surface area contributed by atoms with E-state index < -0.39 is 0 Å². The lowest BCUT2D eigenvalue weighted by molar-refractivity contribution is 0.0941. The molecule has 0 atom stereocenters. The maximum absolute atomic E-state index is 11.4. The molecule has 15 heavy (non-hydrogen) atoms. The molecule has 2 rings (SSSR count). The first-order chi connectivity index (χ1) is 7.16. The molecule has 0 aliphatic rings. The average molecular weight is 219 g/mol. The zero-order valence-electron chi connectivity index (χ0n) is 7.99. The third-order valence-corrected chi connectivity index (χ3v) is 2.62. The van der Waals surface area contributed by atoms with Gasteiger partial charge in [0.25, 0.3) is 0 Å². The third kappa shape index (κ3) is 1.31. The summed E-state index contributed by atoms with van der Waals surface area (Å²) < 4.78 is 1.33. The Bertz CT molecular complexity index is 592. The summed E-state index contributed by atoms with van der Waals surface area (Å²) in [6, 6.07) is 9.13. The summed E-state index contributed by atoms with van der Waals surface area (Å²) in [7, 11) is 0. The Balaban J connectivity index is 2.99. The van der Waals surface area contributed by atoms with Crippen molar-refractivity contribution >= 4 is 28.4 Å². The maximum Gasteiger partial charge on any atom is 0.229 e. The number of benzene rings is 1. The molecule has 0 aliphatic heterocycles. The van der Waals surface area contributed by atoms with E-state index in [0.29, 0.717) is 10.5 Å². The van der Waals surface area contributed by atoms with Crippen molar-refractivity contribution in [3.8, 4) is 6.07 Å². The van der Waals surface area contributed by atoms with Gasteiger partial charge in [0.15, 0.2) is 0 Å². The molecule has 3 nitrogen and oxygen atoms in total. The third-order valence-electron chi connectivity index (χ3n) is 2.23. The molecule has 2 aromatic rings. The van der Waals surface area contributed by atoms with Crippen molar-refractivity contribution in [1.29, 1.82) is 5.26 Å². The maximum atomic E-state index is 11.4. The second kappa shape index (κ2) is 3.41. The van der Waals surface area contributed by atoms with Crippen molar-refractivity contribution in [2.45, 2.75) is 6.92 Å². The quantitative estimate of drug-likeness (QED) is 0.683. The van der Waals surface area contributed by atoms with Crippen LogP contribution < -0.4 is 0 Å². The molecule has 0 N–H and O–H groups in total. The summed E-state index contributed by atoms with van der Waals surface area (Å²) in [6.07, 6.45) is 0. The minimum absolute atomic E-state index is 0.199. The van der Waals surface area contributed by atoms with Crippen LogP contribution in [0.1, 0.15) is 17.4 Å². The highest BCUT2D eigenvalue weighted by Crippen LogP contribution is 2.29. The number of halogens is 1. The Labute approximate surface area is 91.5 Å². The van der Waals surface area contributed by atoms with Gasteiger partial charge in [-0.05, 0) is 6.07 Å². The van der Waals surface area contributed by atoms with Gasteiger partial charge < -0.3 is 0 Å². The van der Waals surface area contributed by atoms with Gasteiger partial charge in [-0.25, -0.2) is 0 Å². The fraction of sp³-hybridized carbons (Fsp3) is 0.0909. The molecule has 0 bridgehead atoms. The molecule has 0 unspecified atom stereocenters. The molecule has 0 saturated heterocycles. The van der Waals surface area contributed by atoms with Crippen LogP contribution >= 0.6 is 11.6 Å². The zero-order valence-corrected chi connectivity index (χ0v) is 8.75. The molecule has 0 fully saturated rings. The minimum atomic E-state index is -0.213. The monoisotopic (exact) mass is 218 g/mol. The fourth-order valence-electron chi connectivity index (χ4n) is 1.63. The molecule has 1 aromatic carbocycles. The lowest BCUT2D eigenvalue weighted by Crippen LogP contribution is -2.07. The molecule has 0 saturated carbocycles. The number of fused-ring (bicyclic) bond motifs is 1. The second-order valence-electron chi connectivity index (χ2n) is 3.15. The van der Waals surface area contributed by atoms with Gasteiger partial charge in [0.1, 0.15) is 11.8 Å². The number of rotatable bonds is 0. The highest BCUT2D eigenvalue weighted by Gasteiger charge is 2.17. The number of carbonyl (C=O) groups excluding carboxylic acids is 1. The largest absolute Gasteiger partial charge is 0.274 e. The first-order valence-corrected chi connectivity index (χ1v) is 4.74. The van der Waals surface area contributed by atoms with Gasteiger partial charge in [0.2, 0.25) is 5.91 Å². The molecule has 74 valence electrons. The lowest BCUT2D eigenvalue weighted by Gasteiger charge is -1.99. The van der Waals surface area contributed by atoms with Gasteiger partial charge in [-0.3, -0.25) is 9.36 Å². The molecular weight excluding hydrogens is 212 g/mol. The highest BCUT2D eigenvalue weighted by molar-refractivity contribution is 6.37. The number of nitrogens with zero attached hydrogens (tertiary/aromatic N) is 2. The number of para-hydroxylation sites is 1. The van der Waals surface area contributed by atoms with E-state index in [1.807, 2.05) is 12.1 Å². The second-order valence-corrected chi connectivity index (χ2v) is 3.52. The number of nitriles is 1. The number of hydrogen-bond donors (Lipinski definition) is 0. The lowest BCUT2D eigenvalue weighted by atomic mass is 10.2. The van der Waals surface area contributed by atoms with Crippen LogP contribution in [0.5, 0.6) is 0 Å². The van der Waals surface area contributed by atoms with E-state index in [0.717, 1.165) is 5.39 Å². The Morgan fingerprint density at radius 3 is 2.73 bits per heavy atom. The first-order valence-electron chi connectivity index (χ1n) is 4.36. The van der Waals surface area contributed by atoms with Crippen molar-refractivity contribution in [3.63, 3.8) is 0 Å². The summed E-state index contributed by atoms with van der Waals surface area (Å²) in [5.74, 6) is -0.213. The molecule has 0 aliphatic carbocycles. The Morgan fingerprint density at radius 2 is 2.13 bits per heavy atom. The summed E-state index contributed by atoms with van der Waals surface area (Å²) >= 11 is 6.01. The van der Waals surface area contributed by atoms with Crippen molar-refractivity contribution in [2.24, 2.45) is 0 Å². The molecular formula is C11H7ClN2O. The number of hydrogen-bond acceptors (Lipinski definition) is 2. The van der Waals surface area contributed by atoms with E-state index in [1.165, 1.54) is 11.5 Å². The molecule has 4 heteroatoms. The first kappa shape index (κ1) is 9.75. The van der Waals surface area contributed by atoms with Crippen molar-refractivity contribution in [3.05, 3.63) is 35.0 Å². The molecule has 0 amide bonds. The van der Waals surface area contributed by atoms with Crippen molar-refractivity contribution < 1.29 is 4.79 Å². The van der Waals surface area contributed by atoms with E-state index in [-0.39, 0.29) is 11.6 Å². The SMILES string of the molecule is CC(=O)n1c(C#N)c(Cl)c2ccccc21. The van der Waals surface area contributed by atoms with Gasteiger partial charge in [0.05, 0.1) is 10.5 Å². The predicted molar refractivity (Wildman–Crippen MR) is 58.0 cm³/mol. The van der Waals surface area contributed by atoms with E-state index in [2.05, 4.69) is 0 Å². The van der Waals surface area contributed by atoms with Crippen molar-refractivity contribution in [1.82, 2.24) is 4.57 Å². The smallest absolute Gasteiger partial charge is 0.229 e. The van der Waals surface area contributed by atoms with Gasteiger partial charge >= 0.3 is 0 Å². The summed E-state index contributed by atoms with van der Waals surface area (Å²) in [6.45, 7) is 1.41. The van der Waals surface area contributed by atoms with Gasteiger partial charge in [-0.1, -0.05) is 29.8 Å². The Hall–Kier alpha value is -1.79. The van der Waals surface area contributed by atoms with Gasteiger partial charge in [0, 0.05) is 12.3 Å². The Morgan fingerprint density at radius 1 is 1.47 bits per heavy atom. The van der Waals surface area contributed by atoms with E-state index in [9.17, 15) is 4.79 Å². The number of carbonyl (C=O) groups is 1. The normalized spacial score (nSPS) is 10.2. The van der Waals surface area contributed by atoms with Gasteiger partial charge in [-0.15, -0.1) is 0 Å². The van der Waals surface area contributed by atoms with E-state index >= 15 is 0 Å². The van der Waals surface area contributed by atoms with Crippen LogP contribution in [-0.4, -0.2) is 10.5 Å². The molecule has 0 spiro atoms. The Kier molecular flexibility index (Phi) is 2.22. The van der Waals surface area contributed by atoms with E-state index in [1.54, 1.807) is 18.2 Å². The van der Waals surface area contributed by atoms with Crippen LogP contribution in [-0.2, 0) is 0 Å². The van der Waals surface area contributed by atoms with E-state index in [4.69, 9.17) is 16.9 Å². The van der Waals surface area contributed by atoms with Crippen LogP contribution in [0, 0.1) is 11.3 Å². The predicted octanol–water partition coefficient (Wildman–Crippen LogP) is 2.83. The van der Waals surface area contributed by atoms with Crippen LogP contribution in [0.3, 0.4) is 0 Å². The summed E-state index contributed by atoms with van der Waals surface area (Å²) in [4.78, 5) is 11.4. The fourth-order valence-corrected chi connectivity index (χ4v) is 1.91. The van der Waals surface area contributed by atoms with Crippen LogP contribution in [0.2, 0.25) is 5.02 Å². The topological polar surface area (TPSA) is 45.8 Å². The van der Waals surface area contributed by atoms with Crippen LogP contribution in [0.15, 0.2) is 24.3 Å².